The van der Waals surface area contributed by atoms with Crippen LogP contribution in [0.4, 0.5) is 0 Å². The third kappa shape index (κ3) is 4.33. The Morgan fingerprint density at radius 1 is 1.25 bits per heavy atom. The van der Waals surface area contributed by atoms with Crippen LogP contribution in [0.15, 0.2) is 18.2 Å². The van der Waals surface area contributed by atoms with E-state index in [1.54, 1.807) is 0 Å². The summed E-state index contributed by atoms with van der Waals surface area (Å²) in [5.41, 5.74) is 9.73. The Labute approximate surface area is 99.2 Å². The van der Waals surface area contributed by atoms with E-state index in [4.69, 9.17) is 5.73 Å². The monoisotopic (exact) mass is 220 g/mol. The fourth-order valence-corrected chi connectivity index (χ4v) is 1.62. The number of hydrogen-bond acceptors (Lipinski definition) is 2. The van der Waals surface area contributed by atoms with E-state index < -0.39 is 0 Å². The van der Waals surface area contributed by atoms with Crippen molar-refractivity contribution in [2.24, 2.45) is 11.7 Å². The molecule has 0 aliphatic carbocycles. The highest BCUT2D eigenvalue weighted by molar-refractivity contribution is 5.29. The van der Waals surface area contributed by atoms with Gasteiger partial charge in [0.1, 0.15) is 0 Å². The van der Waals surface area contributed by atoms with Gasteiger partial charge in [0.05, 0.1) is 0 Å². The van der Waals surface area contributed by atoms with Crippen LogP contribution in [0, 0.1) is 19.8 Å². The molecule has 1 aromatic carbocycles. The summed E-state index contributed by atoms with van der Waals surface area (Å²) in [7, 11) is 0. The predicted octanol–water partition coefficient (Wildman–Crippen LogP) is 2.03. The van der Waals surface area contributed by atoms with Crippen molar-refractivity contribution in [3.63, 3.8) is 0 Å². The molecular formula is C14H24N2. The van der Waals surface area contributed by atoms with Crippen LogP contribution in [-0.4, -0.2) is 19.6 Å². The zero-order valence-electron chi connectivity index (χ0n) is 10.7. The van der Waals surface area contributed by atoms with Gasteiger partial charge in [0, 0.05) is 0 Å². The van der Waals surface area contributed by atoms with Crippen molar-refractivity contribution in [1.29, 1.82) is 0 Å². The molecule has 1 atom stereocenters. The normalized spacial score (nSPS) is 12.8. The molecule has 0 radical (unpaired) electrons. The average molecular weight is 220 g/mol. The van der Waals surface area contributed by atoms with Gasteiger partial charge in [-0.25, -0.2) is 0 Å². The number of hydrogen-bond donors (Lipinski definition) is 2. The number of aryl methyl sites for hydroxylation is 2. The maximum Gasteiger partial charge on any atom is -0.000823 e. The molecule has 0 saturated heterocycles. The molecule has 0 heterocycles. The Kier molecular flexibility index (Phi) is 5.50. The molecule has 0 fully saturated rings. The average Bonchev–Trinajstić information content (AvgIpc) is 2.28. The van der Waals surface area contributed by atoms with Crippen LogP contribution < -0.4 is 11.1 Å². The van der Waals surface area contributed by atoms with Crippen LogP contribution in [0.25, 0.3) is 0 Å². The van der Waals surface area contributed by atoms with Crippen LogP contribution in [0.2, 0.25) is 0 Å². The Morgan fingerprint density at radius 3 is 2.62 bits per heavy atom. The first-order valence-electron chi connectivity index (χ1n) is 6.10. The molecular weight excluding hydrogens is 196 g/mol. The first kappa shape index (κ1) is 13.2. The quantitative estimate of drug-likeness (QED) is 0.720. The molecule has 3 N–H and O–H groups in total. The smallest absolute Gasteiger partial charge is 0.000823 e. The molecule has 0 bridgehead atoms. The largest absolute Gasteiger partial charge is 0.330 e. The highest BCUT2D eigenvalue weighted by atomic mass is 14.9. The highest BCUT2D eigenvalue weighted by Crippen LogP contribution is 2.09. The summed E-state index contributed by atoms with van der Waals surface area (Å²) >= 11 is 0. The Hall–Kier alpha value is -0.860. The Morgan fingerprint density at radius 2 is 2.00 bits per heavy atom. The van der Waals surface area contributed by atoms with E-state index in [2.05, 4.69) is 44.3 Å². The summed E-state index contributed by atoms with van der Waals surface area (Å²) in [6.07, 6.45) is 1.10. The lowest BCUT2D eigenvalue weighted by atomic mass is 10.0. The van der Waals surface area contributed by atoms with Crippen molar-refractivity contribution in [3.8, 4) is 0 Å². The van der Waals surface area contributed by atoms with E-state index in [1.165, 1.54) is 16.7 Å². The van der Waals surface area contributed by atoms with Crippen molar-refractivity contribution >= 4 is 0 Å². The van der Waals surface area contributed by atoms with Crippen LogP contribution in [0.3, 0.4) is 0 Å². The lowest BCUT2D eigenvalue weighted by molar-refractivity contribution is 0.524. The van der Waals surface area contributed by atoms with E-state index in [0.29, 0.717) is 5.92 Å². The fourth-order valence-electron chi connectivity index (χ4n) is 1.62. The van der Waals surface area contributed by atoms with E-state index in [-0.39, 0.29) is 0 Å². The molecule has 16 heavy (non-hydrogen) atoms. The first-order valence-corrected chi connectivity index (χ1v) is 6.10. The van der Waals surface area contributed by atoms with Gasteiger partial charge in [-0.2, -0.15) is 0 Å². The first-order chi connectivity index (χ1) is 7.63. The van der Waals surface area contributed by atoms with E-state index in [0.717, 1.165) is 26.1 Å². The second-order valence-corrected chi connectivity index (χ2v) is 4.71. The summed E-state index contributed by atoms with van der Waals surface area (Å²) < 4.78 is 0. The molecule has 0 saturated carbocycles. The molecule has 1 aromatic rings. The maximum absolute atomic E-state index is 5.56. The molecule has 1 rings (SSSR count). The molecule has 1 unspecified atom stereocenters. The Bertz CT molecular complexity index is 321. The van der Waals surface area contributed by atoms with Gasteiger partial charge in [-0.3, -0.25) is 0 Å². The van der Waals surface area contributed by atoms with Gasteiger partial charge in [0.2, 0.25) is 0 Å². The third-order valence-electron chi connectivity index (χ3n) is 3.06. The van der Waals surface area contributed by atoms with Crippen LogP contribution in [0.1, 0.15) is 23.6 Å². The lowest BCUT2D eigenvalue weighted by Gasteiger charge is -2.10. The van der Waals surface area contributed by atoms with E-state index in [1.807, 2.05) is 0 Å². The van der Waals surface area contributed by atoms with Gasteiger partial charge in [-0.05, 0) is 62.5 Å². The number of nitrogens with one attached hydrogen (secondary N) is 1. The molecule has 0 aliphatic heterocycles. The highest BCUT2D eigenvalue weighted by Gasteiger charge is 1.99. The fraction of sp³-hybridized carbons (Fsp3) is 0.571. The molecule has 0 aromatic heterocycles. The molecule has 2 nitrogen and oxygen atoms in total. The minimum Gasteiger partial charge on any atom is -0.330 e. The Balaban J connectivity index is 2.29. The topological polar surface area (TPSA) is 38.0 Å². The summed E-state index contributed by atoms with van der Waals surface area (Å²) in [5.74, 6) is 0.569. The zero-order chi connectivity index (χ0) is 12.0. The number of nitrogens with two attached hydrogens (primary N) is 1. The zero-order valence-corrected chi connectivity index (χ0v) is 10.7. The van der Waals surface area contributed by atoms with E-state index >= 15 is 0 Å². The molecule has 0 spiro atoms. The summed E-state index contributed by atoms with van der Waals surface area (Å²) in [6, 6.07) is 6.70. The van der Waals surface area contributed by atoms with Gasteiger partial charge >= 0.3 is 0 Å². The number of rotatable bonds is 6. The molecule has 0 aliphatic rings. The minimum absolute atomic E-state index is 0.569. The predicted molar refractivity (Wildman–Crippen MR) is 70.7 cm³/mol. The maximum atomic E-state index is 5.56. The SMILES string of the molecule is Cc1ccc(CCNCC(C)CN)cc1C. The third-order valence-corrected chi connectivity index (χ3v) is 3.06. The summed E-state index contributed by atoms with van der Waals surface area (Å²) in [6.45, 7) is 9.30. The van der Waals surface area contributed by atoms with Gasteiger partial charge in [0.15, 0.2) is 0 Å². The number of benzene rings is 1. The minimum atomic E-state index is 0.569. The molecule has 90 valence electrons. The van der Waals surface area contributed by atoms with Crippen LogP contribution >= 0.6 is 0 Å². The van der Waals surface area contributed by atoms with Crippen molar-refractivity contribution in [3.05, 3.63) is 34.9 Å². The lowest BCUT2D eigenvalue weighted by Crippen LogP contribution is -2.27. The molecule has 0 amide bonds. The summed E-state index contributed by atoms with van der Waals surface area (Å²) in [4.78, 5) is 0. The standard InChI is InChI=1S/C14H24N2/c1-11(9-15)10-16-7-6-14-5-4-12(2)13(3)8-14/h4-5,8,11,16H,6-7,9-10,15H2,1-3H3. The van der Waals surface area contributed by atoms with Crippen molar-refractivity contribution < 1.29 is 0 Å². The van der Waals surface area contributed by atoms with E-state index in [9.17, 15) is 0 Å². The van der Waals surface area contributed by atoms with Gasteiger partial charge < -0.3 is 11.1 Å². The molecule has 2 heteroatoms. The van der Waals surface area contributed by atoms with Gasteiger partial charge in [-0.15, -0.1) is 0 Å². The van der Waals surface area contributed by atoms with Gasteiger partial charge in [0.25, 0.3) is 0 Å². The van der Waals surface area contributed by atoms with Crippen molar-refractivity contribution in [2.75, 3.05) is 19.6 Å². The van der Waals surface area contributed by atoms with Gasteiger partial charge in [-0.1, -0.05) is 25.1 Å². The second-order valence-electron chi connectivity index (χ2n) is 4.71. The van der Waals surface area contributed by atoms with Crippen molar-refractivity contribution in [1.82, 2.24) is 5.32 Å². The van der Waals surface area contributed by atoms with Crippen molar-refractivity contribution in [2.45, 2.75) is 27.2 Å². The summed E-state index contributed by atoms with van der Waals surface area (Å²) in [5, 5.41) is 3.44. The second kappa shape index (κ2) is 6.66. The van der Waals surface area contributed by atoms with Crippen LogP contribution in [-0.2, 0) is 6.42 Å². The van der Waals surface area contributed by atoms with Crippen LogP contribution in [0.5, 0.6) is 0 Å².